The van der Waals surface area contributed by atoms with Gasteiger partial charge in [0.1, 0.15) is 0 Å². The molecule has 2 unspecified atom stereocenters. The van der Waals surface area contributed by atoms with E-state index >= 15 is 0 Å². The molecule has 0 heterocycles. The van der Waals surface area contributed by atoms with Crippen LogP contribution in [0.1, 0.15) is 25.3 Å². The smallest absolute Gasteiger partial charge is 0.0468 e. The van der Waals surface area contributed by atoms with Crippen molar-refractivity contribution in [2.45, 2.75) is 25.2 Å². The maximum atomic E-state index is 9.16. The summed E-state index contributed by atoms with van der Waals surface area (Å²) in [5, 5.41) is 9.94. The van der Waals surface area contributed by atoms with Gasteiger partial charge < -0.3 is 5.11 Å². The Hall–Kier alpha value is -0.530. The molecule has 1 nitrogen and oxygen atoms in total. The zero-order chi connectivity index (χ0) is 10.2. The highest BCUT2D eigenvalue weighted by molar-refractivity contribution is 6.30. The van der Waals surface area contributed by atoms with Crippen LogP contribution in [0.4, 0.5) is 0 Å². The van der Waals surface area contributed by atoms with Crippen LogP contribution in [0.3, 0.4) is 0 Å². The van der Waals surface area contributed by atoms with E-state index in [1.165, 1.54) is 5.56 Å². The van der Waals surface area contributed by atoms with Gasteiger partial charge in [-0.05, 0) is 36.5 Å². The van der Waals surface area contributed by atoms with Crippen LogP contribution in [0.15, 0.2) is 24.3 Å². The van der Waals surface area contributed by atoms with Gasteiger partial charge in [0.15, 0.2) is 0 Å². The molecule has 0 aliphatic heterocycles. The lowest BCUT2D eigenvalue weighted by atomic mass is 9.91. The van der Waals surface area contributed by atoms with Crippen LogP contribution in [-0.4, -0.2) is 11.7 Å². The minimum atomic E-state index is 0.235. The van der Waals surface area contributed by atoms with Crippen LogP contribution in [0.5, 0.6) is 0 Å². The number of halogens is 1. The Morgan fingerprint density at radius 1 is 1.43 bits per heavy atom. The highest BCUT2D eigenvalue weighted by Crippen LogP contribution is 2.56. The molecule has 76 valence electrons. The van der Waals surface area contributed by atoms with Gasteiger partial charge in [-0.25, -0.2) is 0 Å². The van der Waals surface area contributed by atoms with Crippen molar-refractivity contribution >= 4 is 11.6 Å². The molecule has 2 atom stereocenters. The predicted molar refractivity (Wildman–Crippen MR) is 58.6 cm³/mol. The van der Waals surface area contributed by atoms with E-state index in [1.807, 2.05) is 12.1 Å². The molecular weight excluding hydrogens is 196 g/mol. The Kier molecular flexibility index (Phi) is 2.54. The molecule has 0 bridgehead atoms. The van der Waals surface area contributed by atoms with E-state index in [-0.39, 0.29) is 5.41 Å². The van der Waals surface area contributed by atoms with Crippen LogP contribution in [0.25, 0.3) is 0 Å². The lowest BCUT2D eigenvalue weighted by Gasteiger charge is -2.15. The van der Waals surface area contributed by atoms with Crippen molar-refractivity contribution in [1.82, 2.24) is 0 Å². The van der Waals surface area contributed by atoms with E-state index in [4.69, 9.17) is 16.7 Å². The van der Waals surface area contributed by atoms with Crippen molar-refractivity contribution in [2.24, 2.45) is 5.92 Å². The van der Waals surface area contributed by atoms with Gasteiger partial charge in [-0.1, -0.05) is 30.7 Å². The first kappa shape index (κ1) is 10.0. The molecule has 14 heavy (non-hydrogen) atoms. The van der Waals surface area contributed by atoms with Crippen LogP contribution in [0.2, 0.25) is 5.02 Å². The highest BCUT2D eigenvalue weighted by Gasteiger charge is 2.52. The van der Waals surface area contributed by atoms with Crippen molar-refractivity contribution in [2.75, 3.05) is 6.61 Å². The fourth-order valence-corrected chi connectivity index (χ4v) is 2.52. The molecule has 2 heteroatoms. The number of rotatable bonds is 3. The van der Waals surface area contributed by atoms with E-state index in [2.05, 4.69) is 19.1 Å². The Labute approximate surface area is 89.7 Å². The van der Waals surface area contributed by atoms with E-state index in [9.17, 15) is 0 Å². The monoisotopic (exact) mass is 210 g/mol. The van der Waals surface area contributed by atoms with Gasteiger partial charge in [0.25, 0.3) is 0 Å². The zero-order valence-electron chi connectivity index (χ0n) is 8.33. The molecule has 1 saturated carbocycles. The van der Waals surface area contributed by atoms with Crippen molar-refractivity contribution in [3.63, 3.8) is 0 Å². The summed E-state index contributed by atoms with van der Waals surface area (Å²) in [6, 6.07) is 8.03. The van der Waals surface area contributed by atoms with E-state index in [0.717, 1.165) is 17.9 Å². The summed E-state index contributed by atoms with van der Waals surface area (Å²) >= 11 is 5.85. The minimum absolute atomic E-state index is 0.235. The van der Waals surface area contributed by atoms with Crippen LogP contribution in [0, 0.1) is 5.92 Å². The normalized spacial score (nSPS) is 30.4. The van der Waals surface area contributed by atoms with Crippen LogP contribution >= 0.6 is 11.6 Å². The third-order valence-electron chi connectivity index (χ3n) is 3.50. The molecule has 1 aromatic carbocycles. The summed E-state index contributed by atoms with van der Waals surface area (Å²) in [5.74, 6) is 0.452. The third-order valence-corrected chi connectivity index (χ3v) is 3.75. The van der Waals surface area contributed by atoms with E-state index in [0.29, 0.717) is 12.5 Å². The second-order valence-corrected chi connectivity index (χ2v) is 4.54. The molecular formula is C12H15ClO. The molecule has 1 fully saturated rings. The van der Waals surface area contributed by atoms with Gasteiger partial charge in [0.05, 0.1) is 0 Å². The van der Waals surface area contributed by atoms with Crippen molar-refractivity contribution < 1.29 is 5.11 Å². The second-order valence-electron chi connectivity index (χ2n) is 4.10. The molecule has 0 aromatic heterocycles. The van der Waals surface area contributed by atoms with Crippen molar-refractivity contribution in [3.8, 4) is 0 Å². The van der Waals surface area contributed by atoms with Gasteiger partial charge in [0.2, 0.25) is 0 Å². The lowest BCUT2D eigenvalue weighted by Crippen LogP contribution is -2.10. The summed E-state index contributed by atoms with van der Waals surface area (Å²) in [5.41, 5.74) is 1.56. The SMILES string of the molecule is CCC1(c2ccc(Cl)cc2)CC1CO. The molecule has 1 N–H and O–H groups in total. The average Bonchev–Trinajstić information content (AvgIpc) is 2.94. The lowest BCUT2D eigenvalue weighted by molar-refractivity contribution is 0.262. The Morgan fingerprint density at radius 3 is 2.50 bits per heavy atom. The molecule has 2 rings (SSSR count). The summed E-state index contributed by atoms with van der Waals surface area (Å²) in [4.78, 5) is 0. The van der Waals surface area contributed by atoms with E-state index < -0.39 is 0 Å². The number of aliphatic hydroxyl groups is 1. The molecule has 0 saturated heterocycles. The summed E-state index contributed by atoms with van der Waals surface area (Å²) < 4.78 is 0. The largest absolute Gasteiger partial charge is 0.396 e. The van der Waals surface area contributed by atoms with Gasteiger partial charge in [0, 0.05) is 17.0 Å². The van der Waals surface area contributed by atoms with Crippen LogP contribution in [-0.2, 0) is 5.41 Å². The molecule has 0 amide bonds. The molecule has 1 aliphatic carbocycles. The minimum Gasteiger partial charge on any atom is -0.396 e. The van der Waals surface area contributed by atoms with Gasteiger partial charge in [-0.15, -0.1) is 0 Å². The fraction of sp³-hybridized carbons (Fsp3) is 0.500. The van der Waals surface area contributed by atoms with Crippen molar-refractivity contribution in [3.05, 3.63) is 34.9 Å². The highest BCUT2D eigenvalue weighted by atomic mass is 35.5. The Morgan fingerprint density at radius 2 is 2.07 bits per heavy atom. The standard InChI is InChI=1S/C12H15ClO/c1-2-12(7-10(12)8-14)9-3-5-11(13)6-4-9/h3-6,10,14H,2,7-8H2,1H3. The van der Waals surface area contributed by atoms with E-state index in [1.54, 1.807) is 0 Å². The molecule has 1 aliphatic rings. The van der Waals surface area contributed by atoms with Gasteiger partial charge in [-0.3, -0.25) is 0 Å². The number of hydrogen-bond acceptors (Lipinski definition) is 1. The number of aliphatic hydroxyl groups excluding tert-OH is 1. The van der Waals surface area contributed by atoms with Crippen molar-refractivity contribution in [1.29, 1.82) is 0 Å². The first-order chi connectivity index (χ1) is 6.73. The Bertz CT molecular complexity index is 320. The summed E-state index contributed by atoms with van der Waals surface area (Å²) in [7, 11) is 0. The maximum absolute atomic E-state index is 9.16. The average molecular weight is 211 g/mol. The Balaban J connectivity index is 2.26. The fourth-order valence-electron chi connectivity index (χ4n) is 2.39. The topological polar surface area (TPSA) is 20.2 Å². The predicted octanol–water partition coefficient (Wildman–Crippen LogP) is 3.00. The number of benzene rings is 1. The molecule has 0 radical (unpaired) electrons. The molecule has 1 aromatic rings. The summed E-state index contributed by atoms with van der Waals surface area (Å²) in [6.45, 7) is 2.49. The third kappa shape index (κ3) is 1.45. The first-order valence-electron chi connectivity index (χ1n) is 5.10. The quantitative estimate of drug-likeness (QED) is 0.813. The zero-order valence-corrected chi connectivity index (χ0v) is 9.09. The van der Waals surface area contributed by atoms with Crippen LogP contribution < -0.4 is 0 Å². The van der Waals surface area contributed by atoms with Gasteiger partial charge >= 0.3 is 0 Å². The second kappa shape index (κ2) is 3.56. The maximum Gasteiger partial charge on any atom is 0.0468 e. The summed E-state index contributed by atoms with van der Waals surface area (Å²) in [6.07, 6.45) is 2.21. The molecule has 0 spiro atoms. The number of hydrogen-bond donors (Lipinski definition) is 1. The first-order valence-corrected chi connectivity index (χ1v) is 5.47. The van der Waals surface area contributed by atoms with Gasteiger partial charge in [-0.2, -0.15) is 0 Å².